The molecule has 0 spiro atoms. The number of fused-ring (bicyclic) bond motifs is 2. The second-order valence-corrected chi connectivity index (χ2v) is 11.2. The molecule has 0 unspecified atom stereocenters. The van der Waals surface area contributed by atoms with E-state index in [0.717, 1.165) is 59.7 Å². The van der Waals surface area contributed by atoms with Crippen molar-refractivity contribution in [2.24, 2.45) is 0 Å². The number of halogens is 1. The van der Waals surface area contributed by atoms with Gasteiger partial charge >= 0.3 is 6.01 Å². The fourth-order valence-electron chi connectivity index (χ4n) is 6.25. The number of ether oxygens (including phenoxy) is 1. The molecule has 10 nitrogen and oxygen atoms in total. The van der Waals surface area contributed by atoms with Crippen molar-refractivity contribution in [3.8, 4) is 6.01 Å². The van der Waals surface area contributed by atoms with Crippen LogP contribution >= 0.6 is 0 Å². The average molecular weight is 550 g/mol. The van der Waals surface area contributed by atoms with Crippen molar-refractivity contribution in [1.29, 1.82) is 0 Å². The van der Waals surface area contributed by atoms with Crippen LogP contribution in [0.4, 0.5) is 15.9 Å². The van der Waals surface area contributed by atoms with Gasteiger partial charge in [-0.05, 0) is 44.5 Å². The highest BCUT2D eigenvalue weighted by atomic mass is 19.1. The Morgan fingerprint density at radius 1 is 1.07 bits per heavy atom. The molecule has 4 aliphatic rings. The molecule has 11 heteroatoms. The van der Waals surface area contributed by atoms with Gasteiger partial charge in [0.25, 0.3) is 11.8 Å². The summed E-state index contributed by atoms with van der Waals surface area (Å²) in [5.41, 5.74) is 4.62. The second-order valence-electron chi connectivity index (χ2n) is 11.2. The van der Waals surface area contributed by atoms with Crippen LogP contribution in [0.15, 0.2) is 30.6 Å². The van der Waals surface area contributed by atoms with Crippen LogP contribution in [0.3, 0.4) is 0 Å². The number of hydrogen-bond acceptors (Lipinski definition) is 8. The van der Waals surface area contributed by atoms with E-state index >= 15 is 0 Å². The maximum Gasteiger partial charge on any atom is 0.318 e. The first-order chi connectivity index (χ1) is 19.3. The van der Waals surface area contributed by atoms with E-state index in [1.54, 1.807) is 4.90 Å². The number of carbonyl (C=O) groups excluding carboxylic acids is 2. The minimum atomic E-state index is -0.939. The molecule has 2 fully saturated rings. The lowest BCUT2D eigenvalue weighted by Crippen LogP contribution is -2.49. The first-order valence-electron chi connectivity index (χ1n) is 14.0. The van der Waals surface area contributed by atoms with Crippen molar-refractivity contribution < 1.29 is 18.7 Å². The van der Waals surface area contributed by atoms with Crippen molar-refractivity contribution >= 4 is 23.3 Å². The Labute approximate surface area is 234 Å². The fourth-order valence-corrected chi connectivity index (χ4v) is 6.25. The summed E-state index contributed by atoms with van der Waals surface area (Å²) in [7, 11) is 3.96. The van der Waals surface area contributed by atoms with Crippen LogP contribution in [0.1, 0.15) is 40.0 Å². The average Bonchev–Trinajstić information content (AvgIpc) is 3.58. The van der Waals surface area contributed by atoms with Crippen LogP contribution in [-0.4, -0.2) is 102 Å². The van der Waals surface area contributed by atoms with Gasteiger partial charge in [0.15, 0.2) is 5.83 Å². The van der Waals surface area contributed by atoms with Gasteiger partial charge in [0, 0.05) is 57.9 Å². The Balaban J connectivity index is 1.29. The number of hydrogen-bond donors (Lipinski definition) is 0. The van der Waals surface area contributed by atoms with Crippen molar-refractivity contribution in [2.75, 3.05) is 69.8 Å². The zero-order chi connectivity index (χ0) is 28.0. The number of piperazine rings is 1. The first-order valence-corrected chi connectivity index (χ1v) is 14.0. The van der Waals surface area contributed by atoms with E-state index in [1.165, 1.54) is 4.90 Å². The lowest BCUT2D eigenvalue weighted by atomic mass is 9.97. The van der Waals surface area contributed by atoms with Gasteiger partial charge in [0.2, 0.25) is 0 Å². The number of anilines is 2. The number of aromatic nitrogens is 2. The van der Waals surface area contributed by atoms with Crippen LogP contribution < -0.4 is 14.5 Å². The lowest BCUT2D eigenvalue weighted by Gasteiger charge is -2.36. The highest BCUT2D eigenvalue weighted by molar-refractivity contribution is 6.02. The van der Waals surface area contributed by atoms with E-state index in [2.05, 4.69) is 28.3 Å². The van der Waals surface area contributed by atoms with E-state index < -0.39 is 11.7 Å². The molecule has 5 heterocycles. The third-order valence-corrected chi connectivity index (χ3v) is 8.66. The molecule has 0 radical (unpaired) electrons. The normalized spacial score (nSPS) is 21.1. The SMILES string of the molecule is C=C(F)C(=O)N1CCN(c2nc(OC[C@@H]3CCCN3C)nc3c2CN(c2cccc4c2C(=O)N(C)CC4)C3)CC1. The maximum atomic E-state index is 13.5. The smallest absolute Gasteiger partial charge is 0.318 e. The van der Waals surface area contributed by atoms with Crippen molar-refractivity contribution in [3.05, 3.63) is 53.0 Å². The van der Waals surface area contributed by atoms with Crippen LogP contribution in [0.5, 0.6) is 6.01 Å². The summed E-state index contributed by atoms with van der Waals surface area (Å²) >= 11 is 0. The minimum Gasteiger partial charge on any atom is -0.462 e. The van der Waals surface area contributed by atoms with Crippen LogP contribution in [0.2, 0.25) is 0 Å². The third-order valence-electron chi connectivity index (χ3n) is 8.66. The molecular weight excluding hydrogens is 513 g/mol. The molecule has 212 valence electrons. The van der Waals surface area contributed by atoms with E-state index in [1.807, 2.05) is 25.2 Å². The van der Waals surface area contributed by atoms with Crippen LogP contribution in [-0.2, 0) is 24.3 Å². The molecule has 2 saturated heterocycles. The fraction of sp³-hybridized carbons (Fsp3) is 0.517. The zero-order valence-electron chi connectivity index (χ0n) is 23.2. The summed E-state index contributed by atoms with van der Waals surface area (Å²) in [6.45, 7) is 8.32. The molecular formula is C29H36FN7O3. The minimum absolute atomic E-state index is 0.0408. The number of carbonyl (C=O) groups is 2. The van der Waals surface area contributed by atoms with Crippen LogP contribution in [0, 0.1) is 0 Å². The maximum absolute atomic E-state index is 13.5. The first kappa shape index (κ1) is 26.5. The van der Waals surface area contributed by atoms with E-state index in [9.17, 15) is 14.0 Å². The van der Waals surface area contributed by atoms with Crippen LogP contribution in [0.25, 0.3) is 0 Å². The Morgan fingerprint density at radius 2 is 1.88 bits per heavy atom. The Kier molecular flexibility index (Phi) is 7.07. The molecule has 0 N–H and O–H groups in total. The summed E-state index contributed by atoms with van der Waals surface area (Å²) in [5, 5.41) is 0. The van der Waals surface area contributed by atoms with Gasteiger partial charge in [-0.15, -0.1) is 0 Å². The highest BCUT2D eigenvalue weighted by Crippen LogP contribution is 2.38. The van der Waals surface area contributed by atoms with E-state index in [4.69, 9.17) is 14.7 Å². The van der Waals surface area contributed by atoms with E-state index in [-0.39, 0.29) is 5.91 Å². The molecule has 2 aromatic rings. The molecule has 1 aromatic heterocycles. The molecule has 0 saturated carbocycles. The third kappa shape index (κ3) is 4.87. The standard InChI is InChI=1S/C29H36FN7O3/c1-19(30)27(38)36-14-12-35(13-15-36)26-22-16-37(24-8-4-6-20-9-11-34(3)28(39)25(20)24)17-23(22)31-29(32-26)40-18-21-7-5-10-33(21)2/h4,6,8,21H,1,5,7,9-18H2,2-3H3/t21-/m0/s1. The largest absolute Gasteiger partial charge is 0.462 e. The summed E-state index contributed by atoms with van der Waals surface area (Å²) in [6, 6.07) is 6.74. The predicted molar refractivity (Wildman–Crippen MR) is 149 cm³/mol. The quantitative estimate of drug-likeness (QED) is 0.508. The summed E-state index contributed by atoms with van der Waals surface area (Å²) in [5.74, 6) is -0.779. The molecule has 1 atom stereocenters. The Hall–Kier alpha value is -3.73. The van der Waals surface area contributed by atoms with Gasteiger partial charge in [-0.25, -0.2) is 4.39 Å². The monoisotopic (exact) mass is 549 g/mol. The van der Waals surface area contributed by atoms with Gasteiger partial charge in [-0.1, -0.05) is 18.7 Å². The number of benzene rings is 1. The topological polar surface area (TPSA) is 85.4 Å². The molecule has 0 bridgehead atoms. The molecule has 0 aliphatic carbocycles. The number of rotatable bonds is 6. The number of nitrogens with zero attached hydrogens (tertiary/aromatic N) is 7. The number of likely N-dealkylation sites (tertiary alicyclic amines) is 1. The Bertz CT molecular complexity index is 1340. The summed E-state index contributed by atoms with van der Waals surface area (Å²) in [4.78, 5) is 44.9. The lowest BCUT2D eigenvalue weighted by molar-refractivity contribution is -0.128. The van der Waals surface area contributed by atoms with Crippen molar-refractivity contribution in [2.45, 2.75) is 38.4 Å². The zero-order valence-corrected chi connectivity index (χ0v) is 23.2. The van der Waals surface area contributed by atoms with Gasteiger partial charge < -0.3 is 29.2 Å². The van der Waals surface area contributed by atoms with Gasteiger partial charge in [0.1, 0.15) is 12.4 Å². The van der Waals surface area contributed by atoms with Gasteiger partial charge in [0.05, 0.1) is 23.5 Å². The Morgan fingerprint density at radius 3 is 2.60 bits per heavy atom. The molecule has 1 aromatic carbocycles. The molecule has 40 heavy (non-hydrogen) atoms. The predicted octanol–water partition coefficient (Wildman–Crippen LogP) is 2.23. The number of likely N-dealkylation sites (N-methyl/N-ethyl adjacent to an activating group) is 2. The van der Waals surface area contributed by atoms with Crippen molar-refractivity contribution in [3.63, 3.8) is 0 Å². The molecule has 6 rings (SSSR count). The van der Waals surface area contributed by atoms with Gasteiger partial charge in [-0.3, -0.25) is 9.59 Å². The van der Waals surface area contributed by atoms with E-state index in [0.29, 0.717) is 64.5 Å². The number of amides is 2. The summed E-state index contributed by atoms with van der Waals surface area (Å²) < 4.78 is 19.7. The summed E-state index contributed by atoms with van der Waals surface area (Å²) in [6.07, 6.45) is 3.07. The second kappa shape index (κ2) is 10.7. The highest BCUT2D eigenvalue weighted by Gasteiger charge is 2.34. The van der Waals surface area contributed by atoms with Crippen molar-refractivity contribution in [1.82, 2.24) is 24.7 Å². The molecule has 4 aliphatic heterocycles. The van der Waals surface area contributed by atoms with Gasteiger partial charge in [-0.2, -0.15) is 9.97 Å². The molecule has 2 amide bonds.